The summed E-state index contributed by atoms with van der Waals surface area (Å²) in [5.74, 6) is -0.00218. The summed E-state index contributed by atoms with van der Waals surface area (Å²) in [7, 11) is 0. The van der Waals surface area contributed by atoms with E-state index in [1.165, 1.54) is 12.2 Å². The van der Waals surface area contributed by atoms with Gasteiger partial charge in [0.2, 0.25) is 0 Å². The second-order valence-electron chi connectivity index (χ2n) is 3.16. The first-order valence-corrected chi connectivity index (χ1v) is 3.81. The molecule has 0 aromatic carbocycles. The predicted molar refractivity (Wildman–Crippen MR) is 44.2 cm³/mol. The molecule has 1 nitrogen and oxygen atoms in total. The van der Waals surface area contributed by atoms with Crippen LogP contribution in [0.2, 0.25) is 0 Å². The van der Waals surface area contributed by atoms with Crippen LogP contribution in [0.25, 0.3) is 0 Å². The predicted octanol–water partition coefficient (Wildman–Crippen LogP) is 2.52. The highest BCUT2D eigenvalue weighted by Crippen LogP contribution is 2.21. The van der Waals surface area contributed by atoms with Gasteiger partial charge in [-0.2, -0.15) is 0 Å². The molecule has 2 heteroatoms. The van der Waals surface area contributed by atoms with Crippen molar-refractivity contribution in [3.63, 3.8) is 0 Å². The van der Waals surface area contributed by atoms with Crippen molar-refractivity contribution in [3.8, 4) is 0 Å². The number of ketones is 1. The molecular weight excluding hydrogens is 143 g/mol. The Morgan fingerprint density at radius 2 is 2.09 bits per heavy atom. The lowest BCUT2D eigenvalue weighted by molar-refractivity contribution is -0.122. The third kappa shape index (κ3) is 3.30. The summed E-state index contributed by atoms with van der Waals surface area (Å²) in [6.45, 7) is 5.10. The van der Waals surface area contributed by atoms with Gasteiger partial charge in [-0.05, 0) is 12.5 Å². The van der Waals surface area contributed by atoms with E-state index >= 15 is 0 Å². The molecule has 0 aliphatic heterocycles. The molecule has 0 atom stereocenters. The minimum atomic E-state index is -0.564. The van der Waals surface area contributed by atoms with Crippen molar-refractivity contribution in [2.45, 2.75) is 27.2 Å². The van der Waals surface area contributed by atoms with Gasteiger partial charge in [0.25, 0.3) is 0 Å². The van der Waals surface area contributed by atoms with Crippen LogP contribution in [0.3, 0.4) is 0 Å². The van der Waals surface area contributed by atoms with Crippen molar-refractivity contribution in [3.05, 3.63) is 12.2 Å². The van der Waals surface area contributed by atoms with Crippen molar-refractivity contribution in [1.82, 2.24) is 0 Å². The number of carbonyl (C=O) groups excluding carboxylic acids is 1. The lowest BCUT2D eigenvalue weighted by Crippen LogP contribution is -2.20. The summed E-state index contributed by atoms with van der Waals surface area (Å²) >= 11 is 0. The molecule has 64 valence electrons. The maximum atomic E-state index is 11.6. The molecule has 0 aliphatic carbocycles. The van der Waals surface area contributed by atoms with Gasteiger partial charge in [-0.15, -0.1) is 0 Å². The van der Waals surface area contributed by atoms with Crippen molar-refractivity contribution in [2.24, 2.45) is 5.41 Å². The molecule has 0 bridgehead atoms. The summed E-state index contributed by atoms with van der Waals surface area (Å²) in [5, 5.41) is 0. The second-order valence-corrected chi connectivity index (χ2v) is 3.16. The van der Waals surface area contributed by atoms with E-state index < -0.39 is 6.67 Å². The van der Waals surface area contributed by atoms with E-state index in [1.54, 1.807) is 0 Å². The molecule has 11 heavy (non-hydrogen) atoms. The molecule has 0 fully saturated rings. The van der Waals surface area contributed by atoms with Crippen LogP contribution in [0.4, 0.5) is 4.39 Å². The first kappa shape index (κ1) is 10.3. The Kier molecular flexibility index (Phi) is 4.01. The second kappa shape index (κ2) is 4.27. The lowest BCUT2D eigenvalue weighted by Gasteiger charge is -2.17. The number of carbonyl (C=O) groups is 1. The Morgan fingerprint density at radius 1 is 1.55 bits per heavy atom. The van der Waals surface area contributed by atoms with Crippen LogP contribution in [0.5, 0.6) is 0 Å². The van der Waals surface area contributed by atoms with Crippen LogP contribution in [-0.4, -0.2) is 12.5 Å². The number of allylic oxidation sites excluding steroid dienone is 2. The molecule has 0 N–H and O–H groups in total. The zero-order chi connectivity index (χ0) is 8.91. The van der Waals surface area contributed by atoms with Crippen LogP contribution in [0.1, 0.15) is 27.2 Å². The molecule has 0 rings (SSSR count). The molecular formula is C9H15FO. The monoisotopic (exact) mass is 158 g/mol. The lowest BCUT2D eigenvalue weighted by atomic mass is 9.85. The first-order valence-electron chi connectivity index (χ1n) is 3.81. The van der Waals surface area contributed by atoms with Crippen molar-refractivity contribution in [1.29, 1.82) is 0 Å². The molecule has 0 saturated heterocycles. The summed E-state index contributed by atoms with van der Waals surface area (Å²) in [4.78, 5) is 11.2. The van der Waals surface area contributed by atoms with Gasteiger partial charge in [0.05, 0.1) is 0 Å². The number of hydrogen-bond acceptors (Lipinski definition) is 1. The fraction of sp³-hybridized carbons (Fsp3) is 0.667. The Hall–Kier alpha value is -0.660. The van der Waals surface area contributed by atoms with Gasteiger partial charge in [0.15, 0.2) is 5.78 Å². The van der Waals surface area contributed by atoms with E-state index in [-0.39, 0.29) is 11.2 Å². The van der Waals surface area contributed by atoms with Crippen LogP contribution in [0.15, 0.2) is 12.2 Å². The zero-order valence-electron chi connectivity index (χ0n) is 7.36. The highest BCUT2D eigenvalue weighted by atomic mass is 19.1. The Labute approximate surface area is 67.3 Å². The number of hydrogen-bond donors (Lipinski definition) is 0. The zero-order valence-corrected chi connectivity index (χ0v) is 7.36. The molecule has 0 heterocycles. The Bertz CT molecular complexity index is 159. The Balaban J connectivity index is 4.13. The minimum Gasteiger partial charge on any atom is -0.294 e. The van der Waals surface area contributed by atoms with Gasteiger partial charge in [0.1, 0.15) is 6.67 Å². The van der Waals surface area contributed by atoms with Crippen LogP contribution in [-0.2, 0) is 4.79 Å². The van der Waals surface area contributed by atoms with E-state index in [4.69, 9.17) is 0 Å². The maximum absolute atomic E-state index is 11.6. The SMILES string of the molecule is CCC(C)(C)C(=O)/C=C/CF. The molecule has 0 spiro atoms. The van der Waals surface area contributed by atoms with E-state index in [2.05, 4.69) is 0 Å². The number of rotatable bonds is 4. The van der Waals surface area contributed by atoms with E-state index in [1.807, 2.05) is 20.8 Å². The van der Waals surface area contributed by atoms with Gasteiger partial charge >= 0.3 is 0 Å². The quantitative estimate of drug-likeness (QED) is 0.574. The average molecular weight is 158 g/mol. The van der Waals surface area contributed by atoms with Crippen molar-refractivity contribution in [2.75, 3.05) is 6.67 Å². The molecule has 0 aromatic rings. The van der Waals surface area contributed by atoms with Gasteiger partial charge in [-0.1, -0.05) is 26.8 Å². The molecule has 0 aliphatic rings. The average Bonchev–Trinajstić information content (AvgIpc) is 2.00. The van der Waals surface area contributed by atoms with Gasteiger partial charge < -0.3 is 0 Å². The largest absolute Gasteiger partial charge is 0.294 e. The number of halogens is 1. The highest BCUT2D eigenvalue weighted by Gasteiger charge is 2.22. The third-order valence-electron chi connectivity index (χ3n) is 1.91. The minimum absolute atomic E-state index is 0.00218. The maximum Gasteiger partial charge on any atom is 0.161 e. The van der Waals surface area contributed by atoms with Crippen LogP contribution < -0.4 is 0 Å². The summed E-state index contributed by atoms with van der Waals surface area (Å²) in [6, 6.07) is 0. The Morgan fingerprint density at radius 3 is 2.45 bits per heavy atom. The van der Waals surface area contributed by atoms with E-state index in [0.717, 1.165) is 6.42 Å². The molecule has 0 amide bonds. The van der Waals surface area contributed by atoms with Gasteiger partial charge in [-0.25, -0.2) is 4.39 Å². The normalized spacial score (nSPS) is 12.4. The first-order chi connectivity index (χ1) is 5.04. The van der Waals surface area contributed by atoms with Gasteiger partial charge in [0, 0.05) is 5.41 Å². The topological polar surface area (TPSA) is 17.1 Å². The third-order valence-corrected chi connectivity index (χ3v) is 1.91. The van der Waals surface area contributed by atoms with E-state index in [0.29, 0.717) is 0 Å². The van der Waals surface area contributed by atoms with Crippen LogP contribution in [0, 0.1) is 5.41 Å². The fourth-order valence-electron chi connectivity index (χ4n) is 0.551. The van der Waals surface area contributed by atoms with Crippen molar-refractivity contribution < 1.29 is 9.18 Å². The highest BCUT2D eigenvalue weighted by molar-refractivity contribution is 5.94. The fourth-order valence-corrected chi connectivity index (χ4v) is 0.551. The van der Waals surface area contributed by atoms with Crippen LogP contribution >= 0.6 is 0 Å². The summed E-state index contributed by atoms with van der Waals surface area (Å²) in [5.41, 5.74) is -0.342. The molecule has 0 radical (unpaired) electrons. The number of alkyl halides is 1. The standard InChI is InChI=1S/C9H15FO/c1-4-9(2,3)8(11)6-5-7-10/h5-6H,4,7H2,1-3H3/b6-5+. The van der Waals surface area contributed by atoms with E-state index in [9.17, 15) is 9.18 Å². The summed E-state index contributed by atoms with van der Waals surface area (Å²) in [6.07, 6.45) is 3.35. The molecule has 0 unspecified atom stereocenters. The summed E-state index contributed by atoms with van der Waals surface area (Å²) < 4.78 is 11.6. The van der Waals surface area contributed by atoms with Gasteiger partial charge in [-0.3, -0.25) is 4.79 Å². The smallest absolute Gasteiger partial charge is 0.161 e. The molecule has 0 saturated carbocycles. The molecule has 0 aromatic heterocycles. The van der Waals surface area contributed by atoms with Crippen molar-refractivity contribution >= 4 is 5.78 Å².